The van der Waals surface area contributed by atoms with Crippen molar-refractivity contribution in [1.82, 2.24) is 0 Å². The van der Waals surface area contributed by atoms with Crippen LogP contribution in [0.2, 0.25) is 18.1 Å². The molecule has 0 bridgehead atoms. The molecule has 0 radical (unpaired) electrons. The van der Waals surface area contributed by atoms with E-state index < -0.39 is 87.6 Å². The van der Waals surface area contributed by atoms with Gasteiger partial charge in [0.1, 0.15) is 54.6 Å². The summed E-state index contributed by atoms with van der Waals surface area (Å²) in [5.74, 6) is -1.21. The highest BCUT2D eigenvalue weighted by atomic mass is 28.4. The lowest BCUT2D eigenvalue weighted by atomic mass is 9.96. The molecular formula is C46H64O13Si. The van der Waals surface area contributed by atoms with Crippen molar-refractivity contribution >= 4 is 8.32 Å². The first-order valence-corrected chi connectivity index (χ1v) is 23.9. The van der Waals surface area contributed by atoms with Gasteiger partial charge in [0.05, 0.1) is 33.5 Å². The third-order valence-corrected chi connectivity index (χ3v) is 16.4. The molecule has 0 amide bonds. The number of benzene rings is 3. The predicted octanol–water partition coefficient (Wildman–Crippen LogP) is 7.40. The SMILES string of the molecule is COc1ccc(CO[C@@H]2[C@H](OC(O)[C@H]3OC(C)(C)O[C@@H]3[C@@H](O[Si](C)(C)C(C)(C)C)[C@@H]3COC(C)(C)O3)O[C@@H]3COC(c4ccccc4)O[C@H]3[C@@H]2OCc2ccccc2)cc1. The van der Waals surface area contributed by atoms with Crippen LogP contribution in [0.4, 0.5) is 0 Å². The maximum absolute atomic E-state index is 12.3. The largest absolute Gasteiger partial charge is 0.497 e. The van der Waals surface area contributed by atoms with Gasteiger partial charge in [-0.3, -0.25) is 0 Å². The zero-order chi connectivity index (χ0) is 42.9. The maximum Gasteiger partial charge on any atom is 0.192 e. The second-order valence-corrected chi connectivity index (χ2v) is 23.2. The van der Waals surface area contributed by atoms with Crippen molar-refractivity contribution in [3.05, 3.63) is 102 Å². The van der Waals surface area contributed by atoms with Crippen molar-refractivity contribution in [3.63, 3.8) is 0 Å². The van der Waals surface area contributed by atoms with E-state index in [1.54, 1.807) is 7.11 Å². The molecule has 3 aromatic rings. The van der Waals surface area contributed by atoms with Crippen LogP contribution >= 0.6 is 0 Å². The normalized spacial score (nSPS) is 31.4. The molecule has 7 rings (SSSR count). The Hall–Kier alpha value is -2.80. The zero-order valence-corrected chi connectivity index (χ0v) is 37.6. The minimum Gasteiger partial charge on any atom is -0.497 e. The van der Waals surface area contributed by atoms with Crippen LogP contribution in [-0.4, -0.2) is 107 Å². The molecule has 13 nitrogen and oxygen atoms in total. The zero-order valence-electron chi connectivity index (χ0n) is 36.6. The van der Waals surface area contributed by atoms with Crippen molar-refractivity contribution in [2.24, 2.45) is 0 Å². The second-order valence-electron chi connectivity index (χ2n) is 18.4. The van der Waals surface area contributed by atoms with Gasteiger partial charge in [0.2, 0.25) is 0 Å². The number of methoxy groups -OCH3 is 1. The number of rotatable bonds is 15. The number of aliphatic hydroxyl groups excluding tert-OH is 1. The van der Waals surface area contributed by atoms with E-state index in [1.807, 2.05) is 113 Å². The van der Waals surface area contributed by atoms with Crippen molar-refractivity contribution in [1.29, 1.82) is 0 Å². The van der Waals surface area contributed by atoms with Crippen LogP contribution in [0.15, 0.2) is 84.9 Å². The van der Waals surface area contributed by atoms with E-state index in [0.717, 1.165) is 22.4 Å². The molecule has 4 fully saturated rings. The molecular weight excluding hydrogens is 789 g/mol. The first-order chi connectivity index (χ1) is 28.4. The molecule has 0 aromatic heterocycles. The average molecular weight is 853 g/mol. The van der Waals surface area contributed by atoms with Gasteiger partial charge in [-0.05, 0) is 69.1 Å². The van der Waals surface area contributed by atoms with Crippen LogP contribution in [0, 0.1) is 0 Å². The molecule has 11 atom stereocenters. The highest BCUT2D eigenvalue weighted by Gasteiger charge is 2.58. The lowest BCUT2D eigenvalue weighted by Gasteiger charge is -2.49. The number of fused-ring (bicyclic) bond motifs is 1. The monoisotopic (exact) mass is 852 g/mol. The van der Waals surface area contributed by atoms with Crippen molar-refractivity contribution in [2.75, 3.05) is 20.3 Å². The molecule has 0 aliphatic carbocycles. The molecule has 0 spiro atoms. The molecule has 3 aromatic carbocycles. The first kappa shape index (κ1) is 45.2. The minimum absolute atomic E-state index is 0.140. The maximum atomic E-state index is 12.3. The van der Waals surface area contributed by atoms with Crippen LogP contribution in [0.5, 0.6) is 5.75 Å². The Bertz CT molecular complexity index is 1800. The minimum atomic E-state index is -2.45. The second kappa shape index (κ2) is 18.5. The van der Waals surface area contributed by atoms with Gasteiger partial charge >= 0.3 is 0 Å². The number of aliphatic hydroxyl groups is 1. The third-order valence-electron chi connectivity index (χ3n) is 11.9. The van der Waals surface area contributed by atoms with Crippen LogP contribution < -0.4 is 4.74 Å². The molecule has 2 unspecified atom stereocenters. The van der Waals surface area contributed by atoms with Crippen molar-refractivity contribution < 1.29 is 61.6 Å². The average Bonchev–Trinajstić information content (AvgIpc) is 3.75. The van der Waals surface area contributed by atoms with Gasteiger partial charge in [-0.15, -0.1) is 0 Å². The molecule has 14 heteroatoms. The Morgan fingerprint density at radius 3 is 1.98 bits per heavy atom. The van der Waals surface area contributed by atoms with E-state index in [9.17, 15) is 5.11 Å². The predicted molar refractivity (Wildman–Crippen MR) is 223 cm³/mol. The van der Waals surface area contributed by atoms with Gasteiger partial charge in [0.15, 0.2) is 38.8 Å². The van der Waals surface area contributed by atoms with Gasteiger partial charge in [0.25, 0.3) is 0 Å². The van der Waals surface area contributed by atoms with E-state index in [1.165, 1.54) is 0 Å². The Balaban J connectivity index is 1.20. The van der Waals surface area contributed by atoms with Gasteiger partial charge < -0.3 is 61.6 Å². The first-order valence-electron chi connectivity index (χ1n) is 21.0. The van der Waals surface area contributed by atoms with Gasteiger partial charge in [-0.25, -0.2) is 0 Å². The lowest BCUT2D eigenvalue weighted by molar-refractivity contribution is -0.391. The van der Waals surface area contributed by atoms with E-state index in [4.69, 9.17) is 56.5 Å². The van der Waals surface area contributed by atoms with Crippen molar-refractivity contribution in [3.8, 4) is 5.75 Å². The Labute approximate surface area is 355 Å². The summed E-state index contributed by atoms with van der Waals surface area (Å²) in [5, 5.41) is 12.2. The van der Waals surface area contributed by atoms with Crippen LogP contribution in [0.3, 0.4) is 0 Å². The fourth-order valence-corrected chi connectivity index (χ4v) is 9.06. The molecule has 60 heavy (non-hydrogen) atoms. The topological polar surface area (TPSA) is 131 Å². The van der Waals surface area contributed by atoms with E-state index in [-0.39, 0.29) is 31.5 Å². The Morgan fingerprint density at radius 1 is 0.750 bits per heavy atom. The number of hydrogen-bond acceptors (Lipinski definition) is 13. The fraction of sp³-hybridized carbons (Fsp3) is 0.609. The highest BCUT2D eigenvalue weighted by molar-refractivity contribution is 6.74. The quantitative estimate of drug-likeness (QED) is 0.121. The summed E-state index contributed by atoms with van der Waals surface area (Å²) in [4.78, 5) is 0. The molecule has 4 aliphatic rings. The summed E-state index contributed by atoms with van der Waals surface area (Å²) in [6, 6.07) is 27.3. The molecule has 0 saturated carbocycles. The van der Waals surface area contributed by atoms with E-state index in [2.05, 4.69) is 33.9 Å². The lowest BCUT2D eigenvalue weighted by Crippen LogP contribution is -2.64. The summed E-state index contributed by atoms with van der Waals surface area (Å²) >= 11 is 0. The van der Waals surface area contributed by atoms with E-state index >= 15 is 0 Å². The standard InChI is InChI=1S/C46H64O13Si/c1-44(2,3)60(9,10)59-36(34-28-52-45(4,5)56-34)38-39(58-46(6,7)57-38)41(47)55-43-40(50-26-30-21-23-32(48-8)24-22-30)37(49-25-29-17-13-11-14-18-29)35-33(53-43)27-51-42(54-35)31-19-15-12-16-20-31/h11-24,33-43,47H,25-28H2,1-10H3/t33-,34+,35-,36+,37+,38-,39+,40+,41?,42?,43+/m1/s1. The summed E-state index contributed by atoms with van der Waals surface area (Å²) in [5.41, 5.74) is 2.72. The van der Waals surface area contributed by atoms with Crippen LogP contribution in [0.25, 0.3) is 0 Å². The summed E-state index contributed by atoms with van der Waals surface area (Å²) < 4.78 is 77.9. The molecule has 330 valence electrons. The summed E-state index contributed by atoms with van der Waals surface area (Å²) in [7, 11) is -0.823. The van der Waals surface area contributed by atoms with Crippen LogP contribution in [-0.2, 0) is 65.0 Å². The highest BCUT2D eigenvalue weighted by Crippen LogP contribution is 2.44. The molecule has 4 aliphatic heterocycles. The summed E-state index contributed by atoms with van der Waals surface area (Å²) in [6.07, 6.45) is -9.36. The van der Waals surface area contributed by atoms with Gasteiger partial charge in [0, 0.05) is 5.56 Å². The smallest absolute Gasteiger partial charge is 0.192 e. The number of ether oxygens (including phenoxy) is 11. The van der Waals surface area contributed by atoms with Crippen LogP contribution in [0.1, 0.15) is 71.4 Å². The molecule has 4 heterocycles. The Morgan fingerprint density at radius 2 is 1.37 bits per heavy atom. The Kier molecular flexibility index (Phi) is 13.9. The van der Waals surface area contributed by atoms with E-state index in [0.29, 0.717) is 0 Å². The van der Waals surface area contributed by atoms with Gasteiger partial charge in [-0.1, -0.05) is 93.6 Å². The molecule has 4 saturated heterocycles. The third kappa shape index (κ3) is 10.7. The fourth-order valence-electron chi connectivity index (χ4n) is 7.74. The number of hydrogen-bond donors (Lipinski definition) is 1. The molecule has 1 N–H and O–H groups in total. The van der Waals surface area contributed by atoms with Crippen molar-refractivity contribution in [2.45, 2.75) is 159 Å². The van der Waals surface area contributed by atoms with Gasteiger partial charge in [-0.2, -0.15) is 0 Å². The summed E-state index contributed by atoms with van der Waals surface area (Å²) in [6.45, 7) is 19.1.